The molecule has 1 unspecified atom stereocenters. The Morgan fingerprint density at radius 3 is 2.89 bits per heavy atom. The molecule has 0 saturated carbocycles. The van der Waals surface area contributed by atoms with Gasteiger partial charge in [0.05, 0.1) is 24.9 Å². The van der Waals surface area contributed by atoms with Gasteiger partial charge in [0.15, 0.2) is 0 Å². The number of carboxylic acid groups (broad SMARTS) is 1. The number of rotatable bonds is 11. The van der Waals surface area contributed by atoms with Crippen molar-refractivity contribution in [1.29, 1.82) is 0 Å². The van der Waals surface area contributed by atoms with E-state index < -0.39 is 12.1 Å². The highest BCUT2D eigenvalue weighted by Crippen LogP contribution is 2.35. The number of thioether (sulfide) groups is 1. The molecule has 2 N–H and O–H groups in total. The molecule has 9 heteroatoms. The van der Waals surface area contributed by atoms with Gasteiger partial charge in [0.25, 0.3) is 0 Å². The van der Waals surface area contributed by atoms with Crippen LogP contribution in [0.4, 0.5) is 0 Å². The van der Waals surface area contributed by atoms with Crippen LogP contribution in [0.15, 0.2) is 54.1 Å². The molecule has 1 aromatic carbocycles. The summed E-state index contributed by atoms with van der Waals surface area (Å²) in [6.07, 6.45) is 8.66. The van der Waals surface area contributed by atoms with E-state index in [0.29, 0.717) is 6.42 Å². The number of carboxylic acids is 1. The third kappa shape index (κ3) is 6.90. The minimum Gasteiger partial charge on any atom is -0.497 e. The molecular formula is C26H32N4O4S. The first kappa shape index (κ1) is 25.3. The van der Waals surface area contributed by atoms with Gasteiger partial charge in [-0.05, 0) is 67.5 Å². The van der Waals surface area contributed by atoms with Crippen molar-refractivity contribution in [2.24, 2.45) is 11.8 Å². The monoisotopic (exact) mass is 496 g/mol. The van der Waals surface area contributed by atoms with E-state index in [2.05, 4.69) is 19.9 Å². The van der Waals surface area contributed by atoms with E-state index in [1.165, 1.54) is 0 Å². The minimum absolute atomic E-state index is 0.0734. The first-order valence-electron chi connectivity index (χ1n) is 12.0. The molecule has 0 bridgehead atoms. The minimum atomic E-state index is -0.761. The average Bonchev–Trinajstić information content (AvgIpc) is 2.87. The SMILES string of the molecule is COc1ccc2nccc(C(O)CC[C@@H]3CCN(CCSc4cnccn4)C[C@@H]3CC(=O)O)c2c1. The van der Waals surface area contributed by atoms with Crippen molar-refractivity contribution in [2.75, 3.05) is 32.5 Å². The van der Waals surface area contributed by atoms with Crippen LogP contribution in [0.1, 0.15) is 37.4 Å². The average molecular weight is 497 g/mol. The van der Waals surface area contributed by atoms with Crippen LogP contribution < -0.4 is 4.74 Å². The van der Waals surface area contributed by atoms with Crippen LogP contribution in [0.3, 0.4) is 0 Å². The van der Waals surface area contributed by atoms with Crippen LogP contribution >= 0.6 is 11.8 Å². The highest BCUT2D eigenvalue weighted by atomic mass is 32.2. The van der Waals surface area contributed by atoms with Gasteiger partial charge in [-0.3, -0.25) is 14.8 Å². The zero-order valence-electron chi connectivity index (χ0n) is 19.9. The number of carbonyl (C=O) groups is 1. The summed E-state index contributed by atoms with van der Waals surface area (Å²) in [4.78, 5) is 26.7. The predicted octanol–water partition coefficient (Wildman–Crippen LogP) is 4.05. The summed E-state index contributed by atoms with van der Waals surface area (Å²) in [6.45, 7) is 2.59. The van der Waals surface area contributed by atoms with Crippen molar-refractivity contribution < 1.29 is 19.7 Å². The summed E-state index contributed by atoms with van der Waals surface area (Å²) < 4.78 is 5.35. The first-order valence-corrected chi connectivity index (χ1v) is 13.0. The van der Waals surface area contributed by atoms with Crippen LogP contribution in [0.5, 0.6) is 5.75 Å². The van der Waals surface area contributed by atoms with Gasteiger partial charge >= 0.3 is 5.97 Å². The van der Waals surface area contributed by atoms with E-state index in [-0.39, 0.29) is 18.3 Å². The molecule has 35 heavy (non-hydrogen) atoms. The molecule has 2 aromatic heterocycles. The van der Waals surface area contributed by atoms with Crippen molar-refractivity contribution in [2.45, 2.75) is 36.8 Å². The fourth-order valence-corrected chi connectivity index (χ4v) is 5.76. The maximum Gasteiger partial charge on any atom is 0.303 e. The largest absolute Gasteiger partial charge is 0.497 e. The lowest BCUT2D eigenvalue weighted by Gasteiger charge is -2.38. The summed E-state index contributed by atoms with van der Waals surface area (Å²) in [7, 11) is 1.62. The maximum atomic E-state index is 11.6. The molecule has 186 valence electrons. The molecule has 0 radical (unpaired) electrons. The molecule has 1 fully saturated rings. The number of aromatic nitrogens is 3. The van der Waals surface area contributed by atoms with E-state index in [0.717, 1.165) is 65.5 Å². The number of piperidine rings is 1. The lowest BCUT2D eigenvalue weighted by molar-refractivity contribution is -0.139. The maximum absolute atomic E-state index is 11.6. The van der Waals surface area contributed by atoms with Gasteiger partial charge < -0.3 is 19.8 Å². The Hall–Kier alpha value is -2.75. The number of aliphatic hydroxyl groups is 1. The van der Waals surface area contributed by atoms with E-state index in [4.69, 9.17) is 4.74 Å². The number of benzene rings is 1. The number of hydrogen-bond acceptors (Lipinski definition) is 8. The fraction of sp³-hybridized carbons (Fsp3) is 0.462. The second-order valence-electron chi connectivity index (χ2n) is 8.98. The Morgan fingerprint density at radius 2 is 2.11 bits per heavy atom. The molecular weight excluding hydrogens is 464 g/mol. The Bertz CT molecular complexity index is 1120. The predicted molar refractivity (Wildman–Crippen MR) is 136 cm³/mol. The van der Waals surface area contributed by atoms with Crippen molar-refractivity contribution in [3.63, 3.8) is 0 Å². The molecule has 4 rings (SSSR count). The first-order chi connectivity index (χ1) is 17.0. The number of pyridine rings is 1. The molecule has 1 aliphatic heterocycles. The Balaban J connectivity index is 1.35. The number of hydrogen-bond donors (Lipinski definition) is 2. The number of ether oxygens (including phenoxy) is 1. The molecule has 1 saturated heterocycles. The van der Waals surface area contributed by atoms with Crippen molar-refractivity contribution in [3.8, 4) is 5.75 Å². The van der Waals surface area contributed by atoms with Gasteiger partial charge in [0.2, 0.25) is 0 Å². The summed E-state index contributed by atoms with van der Waals surface area (Å²) in [5.41, 5.74) is 1.65. The van der Waals surface area contributed by atoms with Gasteiger partial charge in [-0.25, -0.2) is 4.98 Å². The summed E-state index contributed by atoms with van der Waals surface area (Å²) in [5.74, 6) is 1.20. The molecule has 0 aliphatic carbocycles. The van der Waals surface area contributed by atoms with Crippen LogP contribution in [0.2, 0.25) is 0 Å². The standard InChI is InChI=1S/C26H32N4O4S/c1-34-20-3-4-23-22(15-20)21(6-8-28-23)24(31)5-2-18-7-11-30(17-19(18)14-26(32)33)12-13-35-25-16-27-9-10-29-25/h3-4,6,8-10,15-16,18-19,24,31H,2,5,7,11-14,17H2,1H3,(H,32,33)/t18-,19+,24?/m1/s1. The Labute approximate surface area is 209 Å². The number of aliphatic hydroxyl groups excluding tert-OH is 1. The molecule has 0 amide bonds. The van der Waals surface area contributed by atoms with Gasteiger partial charge in [-0.1, -0.05) is 0 Å². The normalized spacial score (nSPS) is 19.5. The van der Waals surface area contributed by atoms with Crippen molar-refractivity contribution in [1.82, 2.24) is 19.9 Å². The summed E-state index contributed by atoms with van der Waals surface area (Å²) in [6, 6.07) is 7.53. The van der Waals surface area contributed by atoms with E-state index in [1.54, 1.807) is 43.7 Å². The second-order valence-corrected chi connectivity index (χ2v) is 10.1. The van der Waals surface area contributed by atoms with Gasteiger partial charge in [-0.15, -0.1) is 11.8 Å². The topological polar surface area (TPSA) is 109 Å². The Morgan fingerprint density at radius 1 is 1.23 bits per heavy atom. The number of fused-ring (bicyclic) bond motifs is 1. The molecule has 0 spiro atoms. The van der Waals surface area contributed by atoms with E-state index in [9.17, 15) is 15.0 Å². The van der Waals surface area contributed by atoms with E-state index in [1.807, 2.05) is 24.3 Å². The van der Waals surface area contributed by atoms with Gasteiger partial charge in [0.1, 0.15) is 10.8 Å². The number of nitrogens with zero attached hydrogens (tertiary/aromatic N) is 4. The lowest BCUT2D eigenvalue weighted by Crippen LogP contribution is -2.42. The summed E-state index contributed by atoms with van der Waals surface area (Å²) >= 11 is 1.67. The zero-order valence-corrected chi connectivity index (χ0v) is 20.7. The number of likely N-dealkylation sites (tertiary alicyclic amines) is 1. The molecule has 3 heterocycles. The lowest BCUT2D eigenvalue weighted by atomic mass is 9.79. The quantitative estimate of drug-likeness (QED) is 0.380. The third-order valence-electron chi connectivity index (χ3n) is 6.76. The van der Waals surface area contributed by atoms with Gasteiger partial charge in [0, 0.05) is 49.2 Å². The van der Waals surface area contributed by atoms with Crippen LogP contribution in [-0.4, -0.2) is 68.5 Å². The van der Waals surface area contributed by atoms with Crippen molar-refractivity contribution in [3.05, 3.63) is 54.6 Å². The van der Waals surface area contributed by atoms with Crippen LogP contribution in [-0.2, 0) is 4.79 Å². The van der Waals surface area contributed by atoms with E-state index >= 15 is 0 Å². The molecule has 3 atom stereocenters. The number of methoxy groups -OCH3 is 1. The summed E-state index contributed by atoms with van der Waals surface area (Å²) in [5, 5.41) is 22.3. The van der Waals surface area contributed by atoms with Crippen molar-refractivity contribution >= 4 is 28.6 Å². The third-order valence-corrected chi connectivity index (χ3v) is 7.65. The Kier molecular flexibility index (Phi) is 8.90. The zero-order chi connectivity index (χ0) is 24.6. The second kappa shape index (κ2) is 12.3. The molecule has 1 aliphatic rings. The highest BCUT2D eigenvalue weighted by Gasteiger charge is 2.31. The highest BCUT2D eigenvalue weighted by molar-refractivity contribution is 7.99. The van der Waals surface area contributed by atoms with Crippen LogP contribution in [0, 0.1) is 11.8 Å². The smallest absolute Gasteiger partial charge is 0.303 e. The molecule has 3 aromatic rings. The molecule has 8 nitrogen and oxygen atoms in total. The van der Waals surface area contributed by atoms with Gasteiger partial charge in [-0.2, -0.15) is 0 Å². The fourth-order valence-electron chi connectivity index (χ4n) is 4.93. The van der Waals surface area contributed by atoms with Crippen LogP contribution in [0.25, 0.3) is 10.9 Å². The number of aliphatic carboxylic acids is 1.